The van der Waals surface area contributed by atoms with Crippen LogP contribution in [0.4, 0.5) is 10.1 Å². The molecule has 3 rings (SSSR count). The fourth-order valence-electron chi connectivity index (χ4n) is 4.23. The van der Waals surface area contributed by atoms with E-state index in [-0.39, 0.29) is 29.6 Å². The Hall–Kier alpha value is -2.44. The normalized spacial score (nSPS) is 16.1. The summed E-state index contributed by atoms with van der Waals surface area (Å²) < 4.78 is 14.5. The van der Waals surface area contributed by atoms with Crippen LogP contribution in [0.25, 0.3) is 0 Å². The molecule has 1 amide bonds. The number of amides is 1. The lowest BCUT2D eigenvalue weighted by atomic mass is 9.98. The SMILES string of the molecule is CC(=O)c1ccc(N(Cc2cc(Cl)ccc2F)C2CCN(C(C)CC(N)=O)CC2)cc1. The van der Waals surface area contributed by atoms with E-state index in [2.05, 4.69) is 9.80 Å². The second kappa shape index (κ2) is 10.2. The summed E-state index contributed by atoms with van der Waals surface area (Å²) in [4.78, 5) is 27.4. The van der Waals surface area contributed by atoms with Crippen LogP contribution in [0.2, 0.25) is 5.02 Å². The Kier molecular flexibility index (Phi) is 7.68. The van der Waals surface area contributed by atoms with E-state index in [9.17, 15) is 14.0 Å². The number of anilines is 1. The predicted octanol–water partition coefficient (Wildman–Crippen LogP) is 4.42. The number of nitrogens with two attached hydrogens (primary N) is 1. The number of Topliss-reactive ketones (excluding diaryl/α,β-unsaturated/α-hetero) is 1. The molecular formula is C24H29ClFN3O2. The molecule has 0 bridgehead atoms. The Morgan fingerprint density at radius 1 is 1.19 bits per heavy atom. The molecule has 2 aromatic rings. The van der Waals surface area contributed by atoms with Gasteiger partial charge in [-0.25, -0.2) is 4.39 Å². The quantitative estimate of drug-likeness (QED) is 0.611. The number of rotatable bonds is 8. The summed E-state index contributed by atoms with van der Waals surface area (Å²) >= 11 is 6.12. The zero-order chi connectivity index (χ0) is 22.5. The van der Waals surface area contributed by atoms with Crippen LogP contribution in [-0.2, 0) is 11.3 Å². The number of carbonyl (C=O) groups is 2. The van der Waals surface area contributed by atoms with E-state index in [0.717, 1.165) is 31.6 Å². The molecule has 1 aliphatic rings. The van der Waals surface area contributed by atoms with E-state index in [4.69, 9.17) is 17.3 Å². The van der Waals surface area contributed by atoms with Gasteiger partial charge in [0.2, 0.25) is 5.91 Å². The van der Waals surface area contributed by atoms with Gasteiger partial charge in [-0.05, 0) is 69.2 Å². The van der Waals surface area contributed by atoms with Gasteiger partial charge in [0.25, 0.3) is 0 Å². The number of halogens is 2. The molecule has 0 aromatic heterocycles. The van der Waals surface area contributed by atoms with E-state index in [1.807, 2.05) is 31.2 Å². The summed E-state index contributed by atoms with van der Waals surface area (Å²) in [5, 5.41) is 0.498. The van der Waals surface area contributed by atoms with E-state index < -0.39 is 0 Å². The zero-order valence-corrected chi connectivity index (χ0v) is 18.7. The molecule has 5 nitrogen and oxygen atoms in total. The van der Waals surface area contributed by atoms with E-state index in [0.29, 0.717) is 29.1 Å². The summed E-state index contributed by atoms with van der Waals surface area (Å²) in [7, 11) is 0. The maximum atomic E-state index is 14.5. The highest BCUT2D eigenvalue weighted by molar-refractivity contribution is 6.30. The number of primary amides is 1. The van der Waals surface area contributed by atoms with Gasteiger partial charge < -0.3 is 10.6 Å². The van der Waals surface area contributed by atoms with Gasteiger partial charge in [0.1, 0.15) is 5.82 Å². The molecule has 31 heavy (non-hydrogen) atoms. The van der Waals surface area contributed by atoms with Crippen LogP contribution in [-0.4, -0.2) is 41.8 Å². The Labute approximate surface area is 188 Å². The van der Waals surface area contributed by atoms with Crippen LogP contribution in [0.1, 0.15) is 49.0 Å². The first-order valence-corrected chi connectivity index (χ1v) is 11.0. The average Bonchev–Trinajstić information content (AvgIpc) is 2.74. The smallest absolute Gasteiger partial charge is 0.218 e. The molecule has 1 heterocycles. The largest absolute Gasteiger partial charge is 0.370 e. The monoisotopic (exact) mass is 445 g/mol. The molecule has 2 aromatic carbocycles. The van der Waals surface area contributed by atoms with Crippen molar-refractivity contribution in [2.45, 2.75) is 51.7 Å². The van der Waals surface area contributed by atoms with Gasteiger partial charge >= 0.3 is 0 Å². The molecule has 0 spiro atoms. The van der Waals surface area contributed by atoms with Crippen molar-refractivity contribution in [3.05, 3.63) is 64.4 Å². The average molecular weight is 446 g/mol. The highest BCUT2D eigenvalue weighted by Gasteiger charge is 2.28. The standard InChI is InChI=1S/C24H29ClFN3O2/c1-16(13-24(27)31)28-11-9-22(10-12-28)29(15-19-14-20(25)5-8-23(19)26)21-6-3-18(4-7-21)17(2)30/h3-8,14,16,22H,9-13,15H2,1-2H3,(H2,27,31). The molecular weight excluding hydrogens is 417 g/mol. The maximum Gasteiger partial charge on any atom is 0.218 e. The molecule has 1 atom stereocenters. The van der Waals surface area contributed by atoms with Gasteiger partial charge in [0.15, 0.2) is 5.78 Å². The van der Waals surface area contributed by atoms with Crippen molar-refractivity contribution >= 4 is 29.0 Å². The zero-order valence-electron chi connectivity index (χ0n) is 18.0. The molecule has 1 unspecified atom stereocenters. The van der Waals surface area contributed by atoms with Crippen molar-refractivity contribution in [1.29, 1.82) is 0 Å². The molecule has 0 saturated carbocycles. The summed E-state index contributed by atoms with van der Waals surface area (Å²) in [6.45, 7) is 5.60. The van der Waals surface area contributed by atoms with Crippen molar-refractivity contribution in [2.24, 2.45) is 5.73 Å². The number of hydrogen-bond acceptors (Lipinski definition) is 4. The van der Waals surface area contributed by atoms with Crippen LogP contribution in [0, 0.1) is 5.82 Å². The van der Waals surface area contributed by atoms with Crippen molar-refractivity contribution in [3.8, 4) is 0 Å². The molecule has 0 radical (unpaired) electrons. The first-order valence-electron chi connectivity index (χ1n) is 10.6. The minimum absolute atomic E-state index is 0.00994. The van der Waals surface area contributed by atoms with Gasteiger partial charge in [0, 0.05) is 60.0 Å². The minimum atomic E-state index is -0.293. The van der Waals surface area contributed by atoms with Gasteiger partial charge in [-0.15, -0.1) is 0 Å². The van der Waals surface area contributed by atoms with Gasteiger partial charge in [0.05, 0.1) is 0 Å². The second-order valence-corrected chi connectivity index (χ2v) is 8.69. The van der Waals surface area contributed by atoms with Crippen molar-refractivity contribution < 1.29 is 14.0 Å². The predicted molar refractivity (Wildman–Crippen MR) is 122 cm³/mol. The molecule has 1 aliphatic heterocycles. The maximum absolute atomic E-state index is 14.5. The fraction of sp³-hybridized carbons (Fsp3) is 0.417. The summed E-state index contributed by atoms with van der Waals surface area (Å²) in [6.07, 6.45) is 2.09. The molecule has 7 heteroatoms. The van der Waals surface area contributed by atoms with E-state index >= 15 is 0 Å². The van der Waals surface area contributed by atoms with Gasteiger partial charge in [-0.1, -0.05) is 11.6 Å². The first-order chi connectivity index (χ1) is 14.7. The summed E-state index contributed by atoms with van der Waals surface area (Å²) in [5.74, 6) is -0.573. The van der Waals surface area contributed by atoms with E-state index in [1.54, 1.807) is 12.1 Å². The number of piperidine rings is 1. The van der Waals surface area contributed by atoms with Crippen LogP contribution in [0.15, 0.2) is 42.5 Å². The fourth-order valence-corrected chi connectivity index (χ4v) is 4.42. The Bertz CT molecular complexity index is 927. The highest BCUT2D eigenvalue weighted by atomic mass is 35.5. The Morgan fingerprint density at radius 2 is 1.84 bits per heavy atom. The molecule has 2 N–H and O–H groups in total. The van der Waals surface area contributed by atoms with Crippen molar-refractivity contribution in [3.63, 3.8) is 0 Å². The number of ketones is 1. The Balaban J connectivity index is 1.81. The third-order valence-corrected chi connectivity index (χ3v) is 6.25. The lowest BCUT2D eigenvalue weighted by Crippen LogP contribution is -2.48. The van der Waals surface area contributed by atoms with Crippen LogP contribution in [0.3, 0.4) is 0 Å². The molecule has 1 saturated heterocycles. The first kappa shape index (κ1) is 23.2. The number of carbonyl (C=O) groups excluding carboxylic acids is 2. The minimum Gasteiger partial charge on any atom is -0.370 e. The third kappa shape index (κ3) is 6.05. The summed E-state index contributed by atoms with van der Waals surface area (Å²) in [5.41, 5.74) is 7.47. The van der Waals surface area contributed by atoms with Gasteiger partial charge in [-0.3, -0.25) is 14.5 Å². The van der Waals surface area contributed by atoms with Crippen molar-refractivity contribution in [1.82, 2.24) is 4.90 Å². The third-order valence-electron chi connectivity index (χ3n) is 6.01. The van der Waals surface area contributed by atoms with E-state index in [1.165, 1.54) is 13.0 Å². The van der Waals surface area contributed by atoms with Gasteiger partial charge in [-0.2, -0.15) is 0 Å². The number of nitrogens with zero attached hydrogens (tertiary/aromatic N) is 2. The Morgan fingerprint density at radius 3 is 2.42 bits per heavy atom. The number of hydrogen-bond donors (Lipinski definition) is 1. The molecule has 0 aliphatic carbocycles. The topological polar surface area (TPSA) is 66.6 Å². The molecule has 166 valence electrons. The van der Waals surface area contributed by atoms with Crippen LogP contribution in [0.5, 0.6) is 0 Å². The van der Waals surface area contributed by atoms with Crippen LogP contribution < -0.4 is 10.6 Å². The molecule has 1 fully saturated rings. The van der Waals surface area contributed by atoms with Crippen molar-refractivity contribution in [2.75, 3.05) is 18.0 Å². The second-order valence-electron chi connectivity index (χ2n) is 8.25. The number of benzene rings is 2. The van der Waals surface area contributed by atoms with Crippen LogP contribution >= 0.6 is 11.6 Å². The lowest BCUT2D eigenvalue weighted by molar-refractivity contribution is -0.119. The highest BCUT2D eigenvalue weighted by Crippen LogP contribution is 2.28. The number of likely N-dealkylation sites (tertiary alicyclic amines) is 1. The summed E-state index contributed by atoms with van der Waals surface area (Å²) in [6, 6.07) is 12.4. The lowest BCUT2D eigenvalue weighted by Gasteiger charge is -2.41.